The van der Waals surface area contributed by atoms with E-state index < -0.39 is 17.7 Å². The summed E-state index contributed by atoms with van der Waals surface area (Å²) in [5, 5.41) is 12.2. The number of rotatable bonds is 6. The maximum absolute atomic E-state index is 13.3. The third-order valence-electron chi connectivity index (χ3n) is 6.33. The van der Waals surface area contributed by atoms with Gasteiger partial charge in [-0.25, -0.2) is 0 Å². The van der Waals surface area contributed by atoms with Crippen LogP contribution in [-0.2, 0) is 16.1 Å². The van der Waals surface area contributed by atoms with Gasteiger partial charge in [0.25, 0.3) is 11.7 Å². The van der Waals surface area contributed by atoms with Crippen molar-refractivity contribution in [2.45, 2.75) is 12.6 Å². The van der Waals surface area contributed by atoms with E-state index in [0.29, 0.717) is 17.1 Å². The average molecular weight is 469 g/mol. The van der Waals surface area contributed by atoms with E-state index in [1.807, 2.05) is 48.5 Å². The van der Waals surface area contributed by atoms with Crippen molar-refractivity contribution < 1.29 is 24.2 Å². The summed E-state index contributed by atoms with van der Waals surface area (Å²) in [5.74, 6) is -0.287. The molecule has 4 aromatic rings. The molecule has 0 aliphatic carbocycles. The minimum absolute atomic E-state index is 0.0541. The molecule has 3 aromatic carbocycles. The van der Waals surface area contributed by atoms with Crippen LogP contribution in [0.15, 0.2) is 84.6 Å². The highest BCUT2D eigenvalue weighted by molar-refractivity contribution is 6.46. The lowest BCUT2D eigenvalue weighted by atomic mass is 9.94. The van der Waals surface area contributed by atoms with Crippen molar-refractivity contribution in [1.82, 2.24) is 9.88 Å². The van der Waals surface area contributed by atoms with Gasteiger partial charge in [-0.1, -0.05) is 30.3 Å². The molecule has 1 aliphatic heterocycles. The summed E-state index contributed by atoms with van der Waals surface area (Å²) in [6.07, 6.45) is 1.80. The number of fused-ring (bicyclic) bond motifs is 1. The summed E-state index contributed by atoms with van der Waals surface area (Å²) >= 11 is 0. The normalized spacial score (nSPS) is 17.2. The van der Waals surface area contributed by atoms with Gasteiger partial charge in [0.15, 0.2) is 0 Å². The Morgan fingerprint density at radius 1 is 0.914 bits per heavy atom. The van der Waals surface area contributed by atoms with Gasteiger partial charge in [0.2, 0.25) is 0 Å². The molecule has 0 spiro atoms. The number of benzene rings is 3. The Morgan fingerprint density at radius 2 is 1.54 bits per heavy atom. The number of carbonyl (C=O) groups is 2. The Labute approximate surface area is 202 Å². The highest BCUT2D eigenvalue weighted by atomic mass is 16.5. The molecule has 0 saturated carbocycles. The Bertz CT molecular complexity index is 1430. The number of aliphatic hydroxyl groups is 1. The fourth-order valence-electron chi connectivity index (χ4n) is 4.52. The first-order valence-electron chi connectivity index (χ1n) is 11.1. The van der Waals surface area contributed by atoms with Gasteiger partial charge in [-0.3, -0.25) is 9.59 Å². The van der Waals surface area contributed by atoms with Gasteiger partial charge in [0.1, 0.15) is 17.3 Å². The van der Waals surface area contributed by atoms with E-state index in [4.69, 9.17) is 9.47 Å². The smallest absolute Gasteiger partial charge is 0.295 e. The van der Waals surface area contributed by atoms with E-state index in [-0.39, 0.29) is 17.9 Å². The fourth-order valence-corrected chi connectivity index (χ4v) is 4.52. The predicted molar refractivity (Wildman–Crippen MR) is 132 cm³/mol. The van der Waals surface area contributed by atoms with Crippen molar-refractivity contribution in [3.05, 3.63) is 101 Å². The van der Waals surface area contributed by atoms with Crippen LogP contribution in [0.5, 0.6) is 11.5 Å². The van der Waals surface area contributed by atoms with Crippen LogP contribution in [0.2, 0.25) is 0 Å². The Kier molecular flexibility index (Phi) is 5.74. The van der Waals surface area contributed by atoms with Crippen LogP contribution in [0, 0.1) is 0 Å². The topological polar surface area (TPSA) is 91.9 Å². The molecule has 7 heteroatoms. The van der Waals surface area contributed by atoms with Crippen LogP contribution >= 0.6 is 0 Å². The molecule has 7 nitrogen and oxygen atoms in total. The van der Waals surface area contributed by atoms with Crippen molar-refractivity contribution in [1.29, 1.82) is 0 Å². The summed E-state index contributed by atoms with van der Waals surface area (Å²) in [6, 6.07) is 21.0. The summed E-state index contributed by atoms with van der Waals surface area (Å²) in [4.78, 5) is 31.4. The first-order chi connectivity index (χ1) is 17.0. The number of ketones is 1. The lowest BCUT2D eigenvalue weighted by molar-refractivity contribution is -0.140. The minimum atomic E-state index is -0.768. The number of aliphatic hydroxyl groups excluding tert-OH is 1. The molecular weight excluding hydrogens is 444 g/mol. The maximum Gasteiger partial charge on any atom is 0.295 e. The van der Waals surface area contributed by atoms with Gasteiger partial charge in [-0.05, 0) is 48.0 Å². The largest absolute Gasteiger partial charge is 0.507 e. The van der Waals surface area contributed by atoms with Gasteiger partial charge < -0.3 is 24.5 Å². The number of methoxy groups -OCH3 is 2. The molecular formula is C28H24N2O5. The number of amides is 1. The van der Waals surface area contributed by atoms with Crippen molar-refractivity contribution >= 4 is 28.4 Å². The highest BCUT2D eigenvalue weighted by Crippen LogP contribution is 2.42. The lowest BCUT2D eigenvalue weighted by Gasteiger charge is -2.25. The number of hydrogen-bond donors (Lipinski definition) is 2. The maximum atomic E-state index is 13.3. The van der Waals surface area contributed by atoms with Gasteiger partial charge >= 0.3 is 0 Å². The first-order valence-corrected chi connectivity index (χ1v) is 11.1. The quantitative estimate of drug-likeness (QED) is 0.241. The number of Topliss-reactive ketones (excluding diaryl/α,β-unsaturated/α-hetero) is 1. The van der Waals surface area contributed by atoms with E-state index in [2.05, 4.69) is 4.98 Å². The Morgan fingerprint density at radius 3 is 2.20 bits per heavy atom. The van der Waals surface area contributed by atoms with Crippen LogP contribution in [0.1, 0.15) is 22.7 Å². The van der Waals surface area contributed by atoms with Gasteiger partial charge in [-0.15, -0.1) is 0 Å². The van der Waals surface area contributed by atoms with Crippen LogP contribution in [0.3, 0.4) is 0 Å². The molecule has 1 aliphatic rings. The number of hydrogen-bond acceptors (Lipinski definition) is 5. The molecule has 1 unspecified atom stereocenters. The third-order valence-corrected chi connectivity index (χ3v) is 6.33. The SMILES string of the molecule is COc1ccc(CN2C(=O)C(=O)/C(=C(/O)c3ccc(OC)cc3)C2c2c[nH]c3ccccc23)cc1. The molecule has 0 radical (unpaired) electrons. The highest BCUT2D eigenvalue weighted by Gasteiger charge is 2.46. The zero-order chi connectivity index (χ0) is 24.5. The molecule has 2 N–H and O–H groups in total. The zero-order valence-electron chi connectivity index (χ0n) is 19.3. The minimum Gasteiger partial charge on any atom is -0.507 e. The molecule has 1 saturated heterocycles. The summed E-state index contributed by atoms with van der Waals surface area (Å²) in [7, 11) is 3.14. The average Bonchev–Trinajstić information content (AvgIpc) is 3.43. The van der Waals surface area contributed by atoms with E-state index >= 15 is 0 Å². The van der Waals surface area contributed by atoms with Crippen molar-refractivity contribution in [2.24, 2.45) is 0 Å². The number of aromatic nitrogens is 1. The summed E-state index contributed by atoms with van der Waals surface area (Å²) < 4.78 is 10.4. The number of nitrogens with one attached hydrogen (secondary N) is 1. The molecule has 0 bridgehead atoms. The molecule has 5 rings (SSSR count). The van der Waals surface area contributed by atoms with Crippen LogP contribution < -0.4 is 9.47 Å². The standard InChI is InChI=1S/C28H24N2O5/c1-34-19-11-7-17(8-12-19)16-30-25(22-15-29-23-6-4-3-5-21(22)23)24(27(32)28(30)33)26(31)18-9-13-20(35-2)14-10-18/h3-15,25,29,31H,16H2,1-2H3/b26-24+. The van der Waals surface area contributed by atoms with Crippen molar-refractivity contribution in [2.75, 3.05) is 14.2 Å². The van der Waals surface area contributed by atoms with Crippen LogP contribution in [0.25, 0.3) is 16.7 Å². The molecule has 2 heterocycles. The third kappa shape index (κ3) is 3.91. The molecule has 176 valence electrons. The zero-order valence-corrected chi connectivity index (χ0v) is 19.3. The van der Waals surface area contributed by atoms with E-state index in [9.17, 15) is 14.7 Å². The monoisotopic (exact) mass is 468 g/mol. The summed E-state index contributed by atoms with van der Waals surface area (Å²) in [6.45, 7) is 0.193. The van der Waals surface area contributed by atoms with Gasteiger partial charge in [-0.2, -0.15) is 0 Å². The second-order valence-corrected chi connectivity index (χ2v) is 8.29. The van der Waals surface area contributed by atoms with Crippen molar-refractivity contribution in [3.63, 3.8) is 0 Å². The summed E-state index contributed by atoms with van der Waals surface area (Å²) in [5.41, 5.74) is 2.93. The number of aromatic amines is 1. The number of likely N-dealkylation sites (tertiary alicyclic amines) is 1. The van der Waals surface area contributed by atoms with Crippen LogP contribution in [0.4, 0.5) is 0 Å². The fraction of sp³-hybridized carbons (Fsp3) is 0.143. The van der Waals surface area contributed by atoms with Gasteiger partial charge in [0.05, 0.1) is 25.8 Å². The second kappa shape index (κ2) is 9.02. The Balaban J connectivity index is 1.66. The number of para-hydroxylation sites is 1. The van der Waals surface area contributed by atoms with E-state index in [1.54, 1.807) is 44.7 Å². The van der Waals surface area contributed by atoms with Crippen molar-refractivity contribution in [3.8, 4) is 11.5 Å². The molecule has 1 fully saturated rings. The van der Waals surface area contributed by atoms with Crippen LogP contribution in [-0.4, -0.2) is 40.9 Å². The number of nitrogens with zero attached hydrogens (tertiary/aromatic N) is 1. The Hall–Kier alpha value is -4.52. The first kappa shape index (κ1) is 22.3. The second-order valence-electron chi connectivity index (χ2n) is 8.29. The van der Waals surface area contributed by atoms with E-state index in [0.717, 1.165) is 22.0 Å². The predicted octanol–water partition coefficient (Wildman–Crippen LogP) is 4.81. The molecule has 1 aromatic heterocycles. The molecule has 35 heavy (non-hydrogen) atoms. The lowest BCUT2D eigenvalue weighted by Crippen LogP contribution is -2.29. The number of ether oxygens (including phenoxy) is 2. The number of H-pyrrole nitrogens is 1. The van der Waals surface area contributed by atoms with E-state index in [1.165, 1.54) is 4.90 Å². The number of carbonyl (C=O) groups excluding carboxylic acids is 2. The molecule has 1 atom stereocenters. The van der Waals surface area contributed by atoms with Gasteiger partial charge in [0, 0.05) is 34.8 Å². The molecule has 1 amide bonds.